The number of hydrogen-bond acceptors (Lipinski definition) is 4. The molecule has 0 saturated heterocycles. The lowest BCUT2D eigenvalue weighted by molar-refractivity contribution is 0.414. The molecule has 0 aliphatic heterocycles. The van der Waals surface area contributed by atoms with Gasteiger partial charge in [-0.1, -0.05) is 25.5 Å². The maximum absolute atomic E-state index is 6.13. The number of anilines is 2. The zero-order valence-electron chi connectivity index (χ0n) is 12.3. The number of rotatable bonds is 6. The van der Waals surface area contributed by atoms with Crippen LogP contribution in [0.2, 0.25) is 0 Å². The second kappa shape index (κ2) is 6.32. The van der Waals surface area contributed by atoms with Crippen LogP contribution in [0.25, 0.3) is 0 Å². The van der Waals surface area contributed by atoms with Crippen LogP contribution < -0.4 is 15.8 Å². The summed E-state index contributed by atoms with van der Waals surface area (Å²) < 4.78 is 6.96. The predicted molar refractivity (Wildman–Crippen MR) is 81.9 cm³/mol. The third-order valence-electron chi connectivity index (χ3n) is 3.27. The third kappa shape index (κ3) is 3.04. The summed E-state index contributed by atoms with van der Waals surface area (Å²) >= 11 is 0. The molecule has 3 N–H and O–H groups in total. The minimum absolute atomic E-state index is 0.708. The number of ether oxygens (including phenoxy) is 1. The van der Waals surface area contributed by atoms with E-state index in [1.54, 1.807) is 7.11 Å². The van der Waals surface area contributed by atoms with Crippen LogP contribution in [-0.4, -0.2) is 16.9 Å². The largest absolute Gasteiger partial charge is 0.497 e. The summed E-state index contributed by atoms with van der Waals surface area (Å²) in [6.45, 7) is 2.83. The zero-order valence-corrected chi connectivity index (χ0v) is 12.3. The fourth-order valence-corrected chi connectivity index (χ4v) is 2.16. The fraction of sp³-hybridized carbons (Fsp3) is 0.400. The van der Waals surface area contributed by atoms with Crippen molar-refractivity contribution >= 4 is 11.5 Å². The Hall–Kier alpha value is -2.17. The molecule has 2 rings (SSSR count). The quantitative estimate of drug-likeness (QED) is 0.849. The molecule has 0 amide bonds. The van der Waals surface area contributed by atoms with Gasteiger partial charge in [0.05, 0.1) is 18.5 Å². The number of methoxy groups -OCH3 is 1. The lowest BCUT2D eigenvalue weighted by Crippen LogP contribution is -2.06. The molecule has 108 valence electrons. The zero-order chi connectivity index (χ0) is 14.5. The molecule has 0 spiro atoms. The van der Waals surface area contributed by atoms with Crippen molar-refractivity contribution in [2.75, 3.05) is 18.2 Å². The van der Waals surface area contributed by atoms with Crippen LogP contribution in [0.15, 0.2) is 24.3 Å². The molecule has 0 aliphatic carbocycles. The lowest BCUT2D eigenvalue weighted by Gasteiger charge is -2.08. The van der Waals surface area contributed by atoms with Gasteiger partial charge in [-0.05, 0) is 24.1 Å². The standard InChI is InChI=1S/C15H22N4O/c1-4-5-13-14(16)15(19(2)18-13)17-10-11-6-8-12(20-3)9-7-11/h6-9,17H,4-5,10,16H2,1-3H3. The van der Waals surface area contributed by atoms with Gasteiger partial charge in [0.15, 0.2) is 0 Å². The minimum Gasteiger partial charge on any atom is -0.497 e. The summed E-state index contributed by atoms with van der Waals surface area (Å²) in [7, 11) is 3.57. The molecular weight excluding hydrogens is 252 g/mol. The Bertz CT molecular complexity index is 560. The van der Waals surface area contributed by atoms with E-state index in [1.807, 2.05) is 36.0 Å². The average molecular weight is 274 g/mol. The van der Waals surface area contributed by atoms with Crippen LogP contribution in [0.1, 0.15) is 24.6 Å². The molecule has 5 nitrogen and oxygen atoms in total. The van der Waals surface area contributed by atoms with Gasteiger partial charge in [-0.25, -0.2) is 0 Å². The number of nitrogens with two attached hydrogens (primary N) is 1. The van der Waals surface area contributed by atoms with Gasteiger partial charge in [-0.2, -0.15) is 5.10 Å². The molecule has 1 aromatic carbocycles. The molecule has 0 atom stereocenters. The van der Waals surface area contributed by atoms with E-state index >= 15 is 0 Å². The second-order valence-electron chi connectivity index (χ2n) is 4.78. The Balaban J connectivity index is 2.06. The number of aryl methyl sites for hydroxylation is 2. The first kappa shape index (κ1) is 14.2. The second-order valence-corrected chi connectivity index (χ2v) is 4.78. The maximum Gasteiger partial charge on any atom is 0.148 e. The molecule has 0 aliphatic rings. The average Bonchev–Trinajstić information content (AvgIpc) is 2.72. The highest BCUT2D eigenvalue weighted by molar-refractivity contribution is 5.65. The van der Waals surface area contributed by atoms with Crippen molar-refractivity contribution in [2.45, 2.75) is 26.3 Å². The van der Waals surface area contributed by atoms with E-state index in [1.165, 1.54) is 5.56 Å². The molecule has 20 heavy (non-hydrogen) atoms. The van der Waals surface area contributed by atoms with E-state index in [4.69, 9.17) is 10.5 Å². The number of nitrogen functional groups attached to an aromatic ring is 1. The Morgan fingerprint density at radius 2 is 2.00 bits per heavy atom. The molecule has 0 bridgehead atoms. The van der Waals surface area contributed by atoms with Gasteiger partial charge in [0.25, 0.3) is 0 Å². The first-order valence-electron chi connectivity index (χ1n) is 6.83. The predicted octanol–water partition coefficient (Wildman–Crippen LogP) is 2.58. The molecule has 1 aromatic heterocycles. The van der Waals surface area contributed by atoms with E-state index in [0.29, 0.717) is 6.54 Å². The van der Waals surface area contributed by atoms with Crippen LogP contribution in [0, 0.1) is 0 Å². The molecule has 0 unspecified atom stereocenters. The highest BCUT2D eigenvalue weighted by atomic mass is 16.5. The van der Waals surface area contributed by atoms with Crippen LogP contribution in [0.4, 0.5) is 11.5 Å². The third-order valence-corrected chi connectivity index (χ3v) is 3.27. The smallest absolute Gasteiger partial charge is 0.148 e. The summed E-state index contributed by atoms with van der Waals surface area (Å²) in [6.07, 6.45) is 1.95. The SMILES string of the molecule is CCCc1nn(C)c(NCc2ccc(OC)cc2)c1N. The van der Waals surface area contributed by atoms with Gasteiger partial charge >= 0.3 is 0 Å². The van der Waals surface area contributed by atoms with Crippen LogP contribution >= 0.6 is 0 Å². The van der Waals surface area contributed by atoms with Gasteiger partial charge in [0.1, 0.15) is 11.6 Å². The Kier molecular flexibility index (Phi) is 4.50. The summed E-state index contributed by atoms with van der Waals surface area (Å²) in [5, 5.41) is 7.80. The Morgan fingerprint density at radius 3 is 2.60 bits per heavy atom. The van der Waals surface area contributed by atoms with Gasteiger partial charge in [-0.3, -0.25) is 4.68 Å². The van der Waals surface area contributed by atoms with E-state index in [2.05, 4.69) is 17.3 Å². The summed E-state index contributed by atoms with van der Waals surface area (Å²) in [5.74, 6) is 1.74. The Labute approximate surface area is 119 Å². The van der Waals surface area contributed by atoms with Gasteiger partial charge in [0.2, 0.25) is 0 Å². The van der Waals surface area contributed by atoms with Crippen molar-refractivity contribution in [2.24, 2.45) is 7.05 Å². The van der Waals surface area contributed by atoms with E-state index < -0.39 is 0 Å². The lowest BCUT2D eigenvalue weighted by atomic mass is 10.2. The molecule has 5 heteroatoms. The maximum atomic E-state index is 6.13. The topological polar surface area (TPSA) is 65.1 Å². The first-order valence-corrected chi connectivity index (χ1v) is 6.83. The first-order chi connectivity index (χ1) is 9.65. The van der Waals surface area contributed by atoms with Crippen molar-refractivity contribution < 1.29 is 4.74 Å². The molecule has 2 aromatic rings. The van der Waals surface area contributed by atoms with E-state index in [9.17, 15) is 0 Å². The van der Waals surface area contributed by atoms with E-state index in [0.717, 1.165) is 35.8 Å². The van der Waals surface area contributed by atoms with Gasteiger partial charge in [0, 0.05) is 13.6 Å². The van der Waals surface area contributed by atoms with Crippen molar-refractivity contribution in [3.05, 3.63) is 35.5 Å². The highest BCUT2D eigenvalue weighted by Crippen LogP contribution is 2.23. The van der Waals surface area contributed by atoms with E-state index in [-0.39, 0.29) is 0 Å². The van der Waals surface area contributed by atoms with Crippen LogP contribution in [-0.2, 0) is 20.0 Å². The highest BCUT2D eigenvalue weighted by Gasteiger charge is 2.12. The number of benzene rings is 1. The normalized spacial score (nSPS) is 10.6. The molecule has 0 radical (unpaired) electrons. The number of aromatic nitrogens is 2. The summed E-state index contributed by atoms with van der Waals surface area (Å²) in [4.78, 5) is 0. The summed E-state index contributed by atoms with van der Waals surface area (Å²) in [6, 6.07) is 7.97. The van der Waals surface area contributed by atoms with Crippen molar-refractivity contribution in [3.8, 4) is 5.75 Å². The number of nitrogens with one attached hydrogen (secondary N) is 1. The van der Waals surface area contributed by atoms with Crippen molar-refractivity contribution in [1.29, 1.82) is 0 Å². The molecule has 0 fully saturated rings. The monoisotopic (exact) mass is 274 g/mol. The van der Waals surface area contributed by atoms with Gasteiger partial charge in [-0.15, -0.1) is 0 Å². The van der Waals surface area contributed by atoms with Gasteiger partial charge < -0.3 is 15.8 Å². The fourth-order valence-electron chi connectivity index (χ4n) is 2.16. The van der Waals surface area contributed by atoms with Crippen LogP contribution in [0.5, 0.6) is 5.75 Å². The molecule has 1 heterocycles. The van der Waals surface area contributed by atoms with Crippen molar-refractivity contribution in [1.82, 2.24) is 9.78 Å². The Morgan fingerprint density at radius 1 is 1.30 bits per heavy atom. The molecular formula is C15H22N4O. The number of nitrogens with zero attached hydrogens (tertiary/aromatic N) is 2. The minimum atomic E-state index is 0.708. The number of hydrogen-bond donors (Lipinski definition) is 2. The van der Waals surface area contributed by atoms with Crippen LogP contribution in [0.3, 0.4) is 0 Å². The summed E-state index contributed by atoms with van der Waals surface area (Å²) in [5.41, 5.74) is 9.02. The van der Waals surface area contributed by atoms with Crippen molar-refractivity contribution in [3.63, 3.8) is 0 Å². The molecule has 0 saturated carbocycles.